The topological polar surface area (TPSA) is 40.2 Å². The van der Waals surface area contributed by atoms with Crippen LogP contribution in [-0.2, 0) is 26.0 Å². The zero-order chi connectivity index (χ0) is 20.8. The lowest BCUT2D eigenvalue weighted by atomic mass is 9.83. The number of hydrogen-bond donors (Lipinski definition) is 0. The Morgan fingerprint density at radius 1 is 1.00 bits per heavy atom. The van der Waals surface area contributed by atoms with Gasteiger partial charge in [0.25, 0.3) is 0 Å². The molecule has 0 aromatic heterocycles. The van der Waals surface area contributed by atoms with E-state index in [1.807, 2.05) is 24.3 Å². The molecule has 5 nitrogen and oxygen atoms in total. The predicted octanol–water partition coefficient (Wildman–Crippen LogP) is 4.66. The highest BCUT2D eigenvalue weighted by Crippen LogP contribution is 2.46. The normalized spacial score (nSPS) is 18.7. The Kier molecular flexibility index (Phi) is 4.50. The van der Waals surface area contributed by atoms with Gasteiger partial charge in [-0.1, -0.05) is 36.4 Å². The highest BCUT2D eigenvalue weighted by molar-refractivity contribution is 5.55. The molecular formula is C26H25NO4. The van der Waals surface area contributed by atoms with Crippen LogP contribution in [0.1, 0.15) is 33.9 Å². The minimum Gasteiger partial charge on any atom is -0.493 e. The quantitative estimate of drug-likeness (QED) is 0.620. The molecule has 6 rings (SSSR count). The van der Waals surface area contributed by atoms with Crippen molar-refractivity contribution >= 4 is 0 Å². The molecule has 31 heavy (non-hydrogen) atoms. The van der Waals surface area contributed by atoms with Crippen LogP contribution in [0.15, 0.2) is 54.6 Å². The van der Waals surface area contributed by atoms with Crippen LogP contribution >= 0.6 is 0 Å². The summed E-state index contributed by atoms with van der Waals surface area (Å²) in [4.78, 5) is 2.56. The molecule has 3 aromatic rings. The third kappa shape index (κ3) is 3.20. The van der Waals surface area contributed by atoms with Crippen molar-refractivity contribution in [3.63, 3.8) is 0 Å². The molecule has 1 unspecified atom stereocenters. The van der Waals surface area contributed by atoms with E-state index in [0.717, 1.165) is 54.5 Å². The third-order valence-electron chi connectivity index (χ3n) is 6.64. The van der Waals surface area contributed by atoms with Gasteiger partial charge in [0.2, 0.25) is 6.79 Å². The number of fused-ring (bicyclic) bond motifs is 5. The number of nitrogens with zero attached hydrogens (tertiary/aromatic N) is 1. The summed E-state index contributed by atoms with van der Waals surface area (Å²) < 4.78 is 23.3. The maximum atomic E-state index is 6.33. The predicted molar refractivity (Wildman–Crippen MR) is 117 cm³/mol. The van der Waals surface area contributed by atoms with E-state index in [4.69, 9.17) is 18.9 Å². The van der Waals surface area contributed by atoms with Gasteiger partial charge in [0, 0.05) is 24.7 Å². The number of ether oxygens (including phenoxy) is 4. The van der Waals surface area contributed by atoms with Crippen LogP contribution < -0.4 is 18.9 Å². The van der Waals surface area contributed by atoms with Gasteiger partial charge >= 0.3 is 0 Å². The molecule has 0 aliphatic carbocycles. The molecule has 0 saturated heterocycles. The maximum absolute atomic E-state index is 6.33. The summed E-state index contributed by atoms with van der Waals surface area (Å²) in [6, 6.07) is 19.2. The highest BCUT2D eigenvalue weighted by atomic mass is 16.7. The molecule has 3 aliphatic heterocycles. The van der Waals surface area contributed by atoms with E-state index in [1.54, 1.807) is 7.11 Å². The van der Waals surface area contributed by atoms with Gasteiger partial charge in [-0.15, -0.1) is 0 Å². The zero-order valence-corrected chi connectivity index (χ0v) is 17.6. The van der Waals surface area contributed by atoms with Crippen LogP contribution in [0, 0.1) is 0 Å². The van der Waals surface area contributed by atoms with Crippen molar-refractivity contribution in [1.29, 1.82) is 0 Å². The van der Waals surface area contributed by atoms with E-state index in [1.165, 1.54) is 22.3 Å². The van der Waals surface area contributed by atoms with Crippen molar-refractivity contribution in [1.82, 2.24) is 4.90 Å². The fourth-order valence-electron chi connectivity index (χ4n) is 5.04. The van der Waals surface area contributed by atoms with Gasteiger partial charge < -0.3 is 18.9 Å². The molecule has 0 amide bonds. The number of rotatable bonds is 4. The minimum absolute atomic E-state index is 0.317. The van der Waals surface area contributed by atoms with Gasteiger partial charge in [-0.05, 0) is 53.3 Å². The van der Waals surface area contributed by atoms with E-state index >= 15 is 0 Å². The first-order valence-electron chi connectivity index (χ1n) is 10.8. The second-order valence-electron chi connectivity index (χ2n) is 8.35. The van der Waals surface area contributed by atoms with E-state index in [-0.39, 0.29) is 0 Å². The van der Waals surface area contributed by atoms with Crippen LogP contribution in [0.2, 0.25) is 0 Å². The van der Waals surface area contributed by atoms with E-state index in [2.05, 4.69) is 35.2 Å². The average molecular weight is 415 g/mol. The number of methoxy groups -OCH3 is 1. The van der Waals surface area contributed by atoms with Gasteiger partial charge in [-0.2, -0.15) is 0 Å². The number of benzene rings is 3. The van der Waals surface area contributed by atoms with Gasteiger partial charge in [0.05, 0.1) is 7.11 Å². The van der Waals surface area contributed by atoms with Crippen molar-refractivity contribution in [2.24, 2.45) is 0 Å². The first-order valence-corrected chi connectivity index (χ1v) is 10.8. The molecule has 1 atom stereocenters. The number of hydrogen-bond acceptors (Lipinski definition) is 5. The molecule has 3 heterocycles. The second kappa shape index (κ2) is 7.50. The lowest BCUT2D eigenvalue weighted by molar-refractivity contribution is 0.155. The summed E-state index contributed by atoms with van der Waals surface area (Å²) in [7, 11) is 1.71. The summed E-state index contributed by atoms with van der Waals surface area (Å²) >= 11 is 0. The molecule has 0 bridgehead atoms. The Morgan fingerprint density at radius 2 is 1.84 bits per heavy atom. The Morgan fingerprint density at radius 3 is 2.68 bits per heavy atom. The Labute approximate surface area is 182 Å². The van der Waals surface area contributed by atoms with Crippen molar-refractivity contribution < 1.29 is 18.9 Å². The Bertz CT molecular complexity index is 1130. The van der Waals surface area contributed by atoms with E-state index in [0.29, 0.717) is 19.4 Å². The summed E-state index contributed by atoms with van der Waals surface area (Å²) in [6.07, 6.45) is 1.97. The summed E-state index contributed by atoms with van der Waals surface area (Å²) in [6.45, 7) is 2.72. The van der Waals surface area contributed by atoms with Crippen molar-refractivity contribution in [2.75, 3.05) is 20.4 Å². The molecule has 3 aromatic carbocycles. The molecule has 5 heteroatoms. The van der Waals surface area contributed by atoms with Gasteiger partial charge in [-0.3, -0.25) is 4.90 Å². The highest BCUT2D eigenvalue weighted by Gasteiger charge is 2.35. The van der Waals surface area contributed by atoms with E-state index in [9.17, 15) is 0 Å². The van der Waals surface area contributed by atoms with Crippen LogP contribution in [0.4, 0.5) is 0 Å². The Balaban J connectivity index is 1.34. The minimum atomic E-state index is 0.317. The molecule has 3 aliphatic rings. The van der Waals surface area contributed by atoms with Crippen LogP contribution in [-0.4, -0.2) is 25.3 Å². The van der Waals surface area contributed by atoms with Gasteiger partial charge in [0.15, 0.2) is 23.0 Å². The fourth-order valence-corrected chi connectivity index (χ4v) is 5.04. The fraction of sp³-hybridized carbons (Fsp3) is 0.308. The zero-order valence-electron chi connectivity index (χ0n) is 17.6. The van der Waals surface area contributed by atoms with E-state index < -0.39 is 0 Å². The SMILES string of the molecule is COc1ccc2c(c1OCc1ccccc1)CN1CCc3cc4c(cc3C1C2)OCO4. The molecular weight excluding hydrogens is 390 g/mol. The monoisotopic (exact) mass is 415 g/mol. The van der Waals surface area contributed by atoms with Crippen LogP contribution in [0.3, 0.4) is 0 Å². The van der Waals surface area contributed by atoms with Crippen LogP contribution in [0.5, 0.6) is 23.0 Å². The van der Waals surface area contributed by atoms with Gasteiger partial charge in [0.1, 0.15) is 6.61 Å². The molecule has 158 valence electrons. The molecule has 0 fully saturated rings. The first kappa shape index (κ1) is 18.6. The summed E-state index contributed by atoms with van der Waals surface area (Å²) in [5.41, 5.74) is 6.47. The lowest BCUT2D eigenvalue weighted by Crippen LogP contribution is -2.39. The first-order chi connectivity index (χ1) is 15.3. The van der Waals surface area contributed by atoms with Gasteiger partial charge in [-0.25, -0.2) is 0 Å². The van der Waals surface area contributed by atoms with Crippen molar-refractivity contribution in [3.05, 3.63) is 82.4 Å². The smallest absolute Gasteiger partial charge is 0.231 e. The molecule has 0 N–H and O–H groups in total. The van der Waals surface area contributed by atoms with Crippen molar-refractivity contribution in [3.8, 4) is 23.0 Å². The third-order valence-corrected chi connectivity index (χ3v) is 6.64. The molecule has 0 radical (unpaired) electrons. The molecule has 0 saturated carbocycles. The average Bonchev–Trinajstić information content (AvgIpc) is 3.28. The van der Waals surface area contributed by atoms with Crippen LogP contribution in [0.25, 0.3) is 0 Å². The lowest BCUT2D eigenvalue weighted by Gasteiger charge is -2.42. The summed E-state index contributed by atoms with van der Waals surface area (Å²) in [5, 5.41) is 0. The van der Waals surface area contributed by atoms with Crippen molar-refractivity contribution in [2.45, 2.75) is 32.0 Å². The second-order valence-corrected chi connectivity index (χ2v) is 8.35. The molecule has 0 spiro atoms. The maximum Gasteiger partial charge on any atom is 0.231 e. The Hall–Kier alpha value is -3.18. The summed E-state index contributed by atoms with van der Waals surface area (Å²) in [5.74, 6) is 3.42. The largest absolute Gasteiger partial charge is 0.493 e. The standard InChI is InChI=1S/C26H25NO4/c1-28-23-8-7-18-11-22-20-13-25-24(30-16-31-25)12-19(20)9-10-27(22)14-21(18)26(23)29-15-17-5-3-2-4-6-17/h2-8,12-13,22H,9-11,14-16H2,1H3.